The summed E-state index contributed by atoms with van der Waals surface area (Å²) in [5.74, 6) is -0.0827. The van der Waals surface area contributed by atoms with Gasteiger partial charge in [-0.25, -0.2) is 0 Å². The topological polar surface area (TPSA) is 70.2 Å². The van der Waals surface area contributed by atoms with Gasteiger partial charge in [-0.15, -0.1) is 0 Å². The van der Waals surface area contributed by atoms with Gasteiger partial charge >= 0.3 is 0 Å². The lowest BCUT2D eigenvalue weighted by Crippen LogP contribution is -2.32. The summed E-state index contributed by atoms with van der Waals surface area (Å²) >= 11 is 0. The minimum atomic E-state index is -0.0688. The molecule has 1 aromatic carbocycles. The number of benzene rings is 1. The molecular weight excluding hydrogens is 326 g/mol. The molecule has 0 fully saturated rings. The SMILES string of the molecule is CCC(C)NC(=O)c1ccc(NCC(=O)NCCC2=CCCCC2)cc1. The van der Waals surface area contributed by atoms with Gasteiger partial charge in [-0.3, -0.25) is 9.59 Å². The van der Waals surface area contributed by atoms with Gasteiger partial charge in [-0.1, -0.05) is 18.6 Å². The zero-order valence-corrected chi connectivity index (χ0v) is 15.9. The monoisotopic (exact) mass is 357 g/mol. The van der Waals surface area contributed by atoms with Crippen molar-refractivity contribution in [2.75, 3.05) is 18.4 Å². The Hall–Kier alpha value is -2.30. The van der Waals surface area contributed by atoms with Crippen LogP contribution in [0.2, 0.25) is 0 Å². The van der Waals surface area contributed by atoms with Crippen molar-refractivity contribution in [3.05, 3.63) is 41.5 Å². The van der Waals surface area contributed by atoms with Crippen molar-refractivity contribution in [2.45, 2.75) is 58.4 Å². The van der Waals surface area contributed by atoms with E-state index in [2.05, 4.69) is 22.0 Å². The van der Waals surface area contributed by atoms with Crippen LogP contribution in [0.25, 0.3) is 0 Å². The zero-order chi connectivity index (χ0) is 18.8. The number of rotatable bonds is 9. The fourth-order valence-electron chi connectivity index (χ4n) is 2.89. The Morgan fingerprint density at radius 2 is 1.92 bits per heavy atom. The van der Waals surface area contributed by atoms with Crippen LogP contribution >= 0.6 is 0 Å². The second-order valence-electron chi connectivity index (χ2n) is 6.92. The third-order valence-electron chi connectivity index (χ3n) is 4.74. The third kappa shape index (κ3) is 6.90. The maximum Gasteiger partial charge on any atom is 0.251 e. The molecule has 1 aliphatic rings. The average Bonchev–Trinajstić information content (AvgIpc) is 2.67. The molecule has 0 saturated heterocycles. The Labute approximate surface area is 156 Å². The van der Waals surface area contributed by atoms with Gasteiger partial charge in [0.2, 0.25) is 5.91 Å². The second-order valence-corrected chi connectivity index (χ2v) is 6.92. The Kier molecular flexibility index (Phi) is 8.19. The molecule has 0 aliphatic heterocycles. The van der Waals surface area contributed by atoms with E-state index in [0.29, 0.717) is 12.1 Å². The van der Waals surface area contributed by atoms with Gasteiger partial charge in [0.1, 0.15) is 0 Å². The van der Waals surface area contributed by atoms with Crippen LogP contribution in [0, 0.1) is 0 Å². The van der Waals surface area contributed by atoms with Gasteiger partial charge in [-0.05, 0) is 69.7 Å². The van der Waals surface area contributed by atoms with Crippen LogP contribution < -0.4 is 16.0 Å². The smallest absolute Gasteiger partial charge is 0.251 e. The summed E-state index contributed by atoms with van der Waals surface area (Å²) in [6.07, 6.45) is 9.07. The molecule has 5 heteroatoms. The Bertz CT molecular complexity index is 623. The van der Waals surface area contributed by atoms with Gasteiger partial charge < -0.3 is 16.0 Å². The first-order chi connectivity index (χ1) is 12.6. The fourth-order valence-corrected chi connectivity index (χ4v) is 2.89. The van der Waals surface area contributed by atoms with E-state index in [0.717, 1.165) is 18.5 Å². The summed E-state index contributed by atoms with van der Waals surface area (Å²) in [6, 6.07) is 7.35. The van der Waals surface area contributed by atoms with Crippen LogP contribution in [-0.2, 0) is 4.79 Å². The minimum absolute atomic E-state index is 0.0139. The highest BCUT2D eigenvalue weighted by atomic mass is 16.2. The molecule has 0 spiro atoms. The molecule has 2 amide bonds. The van der Waals surface area contributed by atoms with E-state index in [4.69, 9.17) is 0 Å². The van der Waals surface area contributed by atoms with E-state index in [1.165, 1.54) is 31.3 Å². The van der Waals surface area contributed by atoms with Crippen molar-refractivity contribution in [3.63, 3.8) is 0 Å². The summed E-state index contributed by atoms with van der Waals surface area (Å²) < 4.78 is 0. The number of hydrogen-bond acceptors (Lipinski definition) is 3. The van der Waals surface area contributed by atoms with E-state index in [9.17, 15) is 9.59 Å². The highest BCUT2D eigenvalue weighted by molar-refractivity contribution is 5.94. The number of allylic oxidation sites excluding steroid dienone is 1. The van der Waals surface area contributed by atoms with Crippen molar-refractivity contribution in [2.24, 2.45) is 0 Å². The lowest BCUT2D eigenvalue weighted by atomic mass is 9.97. The van der Waals surface area contributed by atoms with E-state index in [1.807, 2.05) is 26.0 Å². The molecule has 1 unspecified atom stereocenters. The van der Waals surface area contributed by atoms with Crippen LogP contribution in [0.5, 0.6) is 0 Å². The molecule has 0 heterocycles. The number of anilines is 1. The summed E-state index contributed by atoms with van der Waals surface area (Å²) in [7, 11) is 0. The summed E-state index contributed by atoms with van der Waals surface area (Å²) in [6.45, 7) is 4.95. The maximum atomic E-state index is 12.0. The third-order valence-corrected chi connectivity index (χ3v) is 4.74. The molecule has 0 radical (unpaired) electrons. The van der Waals surface area contributed by atoms with Crippen molar-refractivity contribution >= 4 is 17.5 Å². The number of nitrogens with one attached hydrogen (secondary N) is 3. The molecular formula is C21H31N3O2. The van der Waals surface area contributed by atoms with Crippen LogP contribution in [0.1, 0.15) is 62.7 Å². The highest BCUT2D eigenvalue weighted by Gasteiger charge is 2.09. The van der Waals surface area contributed by atoms with Crippen molar-refractivity contribution in [3.8, 4) is 0 Å². The van der Waals surface area contributed by atoms with Crippen molar-refractivity contribution < 1.29 is 9.59 Å². The molecule has 0 aromatic heterocycles. The van der Waals surface area contributed by atoms with Crippen LogP contribution in [0.3, 0.4) is 0 Å². The number of hydrogen-bond donors (Lipinski definition) is 3. The molecule has 3 N–H and O–H groups in total. The average molecular weight is 357 g/mol. The first-order valence-electron chi connectivity index (χ1n) is 9.68. The number of carbonyl (C=O) groups excluding carboxylic acids is 2. The lowest BCUT2D eigenvalue weighted by molar-refractivity contribution is -0.119. The van der Waals surface area contributed by atoms with E-state index in [1.54, 1.807) is 12.1 Å². The molecule has 1 aliphatic carbocycles. The summed E-state index contributed by atoms with van der Waals surface area (Å²) in [4.78, 5) is 24.0. The molecule has 26 heavy (non-hydrogen) atoms. The van der Waals surface area contributed by atoms with Gasteiger partial charge in [0.15, 0.2) is 0 Å². The van der Waals surface area contributed by atoms with E-state index in [-0.39, 0.29) is 24.4 Å². The van der Waals surface area contributed by atoms with E-state index < -0.39 is 0 Å². The molecule has 1 atom stereocenters. The standard InChI is InChI=1S/C21H31N3O2/c1-3-16(2)24-21(26)18-9-11-19(12-10-18)23-15-20(25)22-14-13-17-7-5-4-6-8-17/h7,9-12,16,23H,3-6,8,13-15H2,1-2H3,(H,22,25)(H,24,26). The Balaban J connectivity index is 1.69. The van der Waals surface area contributed by atoms with Crippen molar-refractivity contribution in [1.82, 2.24) is 10.6 Å². The second kappa shape index (κ2) is 10.6. The lowest BCUT2D eigenvalue weighted by Gasteiger charge is -2.13. The molecule has 0 saturated carbocycles. The van der Waals surface area contributed by atoms with Crippen molar-refractivity contribution in [1.29, 1.82) is 0 Å². The van der Waals surface area contributed by atoms with E-state index >= 15 is 0 Å². The minimum Gasteiger partial charge on any atom is -0.376 e. The predicted molar refractivity (Wildman–Crippen MR) is 106 cm³/mol. The van der Waals surface area contributed by atoms with Crippen LogP contribution in [0.4, 0.5) is 5.69 Å². The molecule has 0 bridgehead atoms. The number of amides is 2. The maximum absolute atomic E-state index is 12.0. The summed E-state index contributed by atoms with van der Waals surface area (Å²) in [5, 5.41) is 8.98. The van der Waals surface area contributed by atoms with Gasteiger partial charge in [0.05, 0.1) is 6.54 Å². The van der Waals surface area contributed by atoms with Gasteiger partial charge in [0, 0.05) is 23.8 Å². The van der Waals surface area contributed by atoms with Crippen LogP contribution in [-0.4, -0.2) is 30.9 Å². The highest BCUT2D eigenvalue weighted by Crippen LogP contribution is 2.19. The predicted octanol–water partition coefficient (Wildman–Crippen LogP) is 3.63. The quantitative estimate of drug-likeness (QED) is 0.591. The van der Waals surface area contributed by atoms with Gasteiger partial charge in [-0.2, -0.15) is 0 Å². The van der Waals surface area contributed by atoms with Gasteiger partial charge in [0.25, 0.3) is 5.91 Å². The molecule has 2 rings (SSSR count). The largest absolute Gasteiger partial charge is 0.376 e. The number of carbonyl (C=O) groups is 2. The fraction of sp³-hybridized carbons (Fsp3) is 0.524. The Morgan fingerprint density at radius 3 is 2.58 bits per heavy atom. The summed E-state index contributed by atoms with van der Waals surface area (Å²) in [5.41, 5.74) is 2.92. The zero-order valence-electron chi connectivity index (χ0n) is 15.9. The first-order valence-corrected chi connectivity index (χ1v) is 9.68. The molecule has 142 valence electrons. The van der Waals surface area contributed by atoms with Crippen LogP contribution in [0.15, 0.2) is 35.9 Å². The first kappa shape index (κ1) is 20.0. The molecule has 1 aromatic rings. The molecule has 5 nitrogen and oxygen atoms in total. The normalized spacial score (nSPS) is 14.9. The Morgan fingerprint density at radius 1 is 1.15 bits per heavy atom.